The van der Waals surface area contributed by atoms with E-state index in [2.05, 4.69) is 11.4 Å². The zero-order valence-corrected chi connectivity index (χ0v) is 9.07. The number of carboxylic acids is 1. The molecule has 16 heavy (non-hydrogen) atoms. The Morgan fingerprint density at radius 1 is 1.56 bits per heavy atom. The van der Waals surface area contributed by atoms with Gasteiger partial charge < -0.3 is 16.2 Å². The SMILES string of the molecule is N[C@@H](Cc1ccc2c(c1)NCCC2)C(=O)O. The van der Waals surface area contributed by atoms with Crippen molar-refractivity contribution in [2.24, 2.45) is 5.73 Å². The topological polar surface area (TPSA) is 75.3 Å². The predicted octanol–water partition coefficient (Wildman–Crippen LogP) is 0.999. The Labute approximate surface area is 94.5 Å². The van der Waals surface area contributed by atoms with Crippen LogP contribution in [0.4, 0.5) is 5.69 Å². The molecule has 4 N–H and O–H groups in total. The second-order valence-corrected chi connectivity index (χ2v) is 4.17. The number of hydrogen-bond acceptors (Lipinski definition) is 3. The fourth-order valence-electron chi connectivity index (χ4n) is 1.98. The summed E-state index contributed by atoms with van der Waals surface area (Å²) < 4.78 is 0. The van der Waals surface area contributed by atoms with Crippen LogP contribution in [0.2, 0.25) is 0 Å². The first-order valence-electron chi connectivity index (χ1n) is 5.51. The third-order valence-corrected chi connectivity index (χ3v) is 2.89. The largest absolute Gasteiger partial charge is 0.480 e. The highest BCUT2D eigenvalue weighted by atomic mass is 16.4. The fraction of sp³-hybridized carbons (Fsp3) is 0.417. The number of aryl methyl sites for hydroxylation is 1. The van der Waals surface area contributed by atoms with Gasteiger partial charge in [0.05, 0.1) is 0 Å². The molecular formula is C12H16N2O2. The number of anilines is 1. The lowest BCUT2D eigenvalue weighted by Crippen LogP contribution is -2.32. The second-order valence-electron chi connectivity index (χ2n) is 4.17. The van der Waals surface area contributed by atoms with Gasteiger partial charge in [-0.15, -0.1) is 0 Å². The van der Waals surface area contributed by atoms with Crippen molar-refractivity contribution in [1.29, 1.82) is 0 Å². The first kappa shape index (κ1) is 11.0. The fourth-order valence-corrected chi connectivity index (χ4v) is 1.98. The number of carboxylic acid groups (broad SMARTS) is 1. The minimum atomic E-state index is -0.953. The maximum atomic E-state index is 10.7. The highest BCUT2D eigenvalue weighted by Gasteiger charge is 2.14. The summed E-state index contributed by atoms with van der Waals surface area (Å²) in [6.07, 6.45) is 2.62. The second kappa shape index (κ2) is 4.53. The summed E-state index contributed by atoms with van der Waals surface area (Å²) in [5.41, 5.74) is 8.91. The van der Waals surface area contributed by atoms with Crippen LogP contribution in [-0.4, -0.2) is 23.7 Å². The first-order chi connectivity index (χ1) is 7.66. The van der Waals surface area contributed by atoms with Gasteiger partial charge in [-0.2, -0.15) is 0 Å². The quantitative estimate of drug-likeness (QED) is 0.710. The molecule has 1 aromatic carbocycles. The maximum absolute atomic E-state index is 10.7. The molecule has 0 aromatic heterocycles. The number of aliphatic carboxylic acids is 1. The molecule has 0 unspecified atom stereocenters. The molecule has 1 heterocycles. The van der Waals surface area contributed by atoms with Crippen molar-refractivity contribution in [3.63, 3.8) is 0 Å². The Balaban J connectivity index is 2.14. The van der Waals surface area contributed by atoms with E-state index in [4.69, 9.17) is 10.8 Å². The van der Waals surface area contributed by atoms with E-state index in [0.717, 1.165) is 30.6 Å². The van der Waals surface area contributed by atoms with Crippen molar-refractivity contribution in [3.8, 4) is 0 Å². The highest BCUT2D eigenvalue weighted by Crippen LogP contribution is 2.23. The van der Waals surface area contributed by atoms with Crippen LogP contribution in [0.15, 0.2) is 18.2 Å². The summed E-state index contributed by atoms with van der Waals surface area (Å²) in [7, 11) is 0. The number of nitrogens with one attached hydrogen (secondary N) is 1. The molecule has 0 amide bonds. The number of nitrogens with two attached hydrogens (primary N) is 1. The summed E-state index contributed by atoms with van der Waals surface area (Å²) in [5.74, 6) is -0.953. The van der Waals surface area contributed by atoms with Gasteiger partial charge in [-0.25, -0.2) is 0 Å². The molecule has 1 aliphatic heterocycles. The van der Waals surface area contributed by atoms with Crippen LogP contribution in [0, 0.1) is 0 Å². The van der Waals surface area contributed by atoms with Crippen molar-refractivity contribution < 1.29 is 9.90 Å². The van der Waals surface area contributed by atoms with E-state index in [-0.39, 0.29) is 0 Å². The van der Waals surface area contributed by atoms with Gasteiger partial charge in [-0.3, -0.25) is 4.79 Å². The van der Waals surface area contributed by atoms with Gasteiger partial charge in [0.15, 0.2) is 0 Å². The van der Waals surface area contributed by atoms with Crippen LogP contribution in [-0.2, 0) is 17.6 Å². The average molecular weight is 220 g/mol. The summed E-state index contributed by atoms with van der Waals surface area (Å²) >= 11 is 0. The molecule has 0 aliphatic carbocycles. The number of carbonyl (C=O) groups is 1. The molecule has 0 spiro atoms. The molecule has 0 saturated heterocycles. The molecule has 4 heteroatoms. The number of rotatable bonds is 3. The normalized spacial score (nSPS) is 16.1. The molecule has 2 rings (SSSR count). The zero-order chi connectivity index (χ0) is 11.5. The Kier molecular flexibility index (Phi) is 3.10. The van der Waals surface area contributed by atoms with Crippen LogP contribution in [0.1, 0.15) is 17.5 Å². The van der Waals surface area contributed by atoms with Gasteiger partial charge >= 0.3 is 5.97 Å². The molecule has 1 aromatic rings. The van der Waals surface area contributed by atoms with Gasteiger partial charge in [0.2, 0.25) is 0 Å². The van der Waals surface area contributed by atoms with Crippen molar-refractivity contribution in [1.82, 2.24) is 0 Å². The molecule has 1 aliphatic rings. The van der Waals surface area contributed by atoms with E-state index < -0.39 is 12.0 Å². The van der Waals surface area contributed by atoms with Crippen molar-refractivity contribution >= 4 is 11.7 Å². The molecular weight excluding hydrogens is 204 g/mol. The van der Waals surface area contributed by atoms with Crippen LogP contribution < -0.4 is 11.1 Å². The summed E-state index contributed by atoms with van der Waals surface area (Å²) in [5, 5.41) is 12.1. The van der Waals surface area contributed by atoms with E-state index in [0.29, 0.717) is 6.42 Å². The van der Waals surface area contributed by atoms with Crippen LogP contribution in [0.3, 0.4) is 0 Å². The highest BCUT2D eigenvalue weighted by molar-refractivity contribution is 5.73. The van der Waals surface area contributed by atoms with Crippen molar-refractivity contribution in [3.05, 3.63) is 29.3 Å². The third-order valence-electron chi connectivity index (χ3n) is 2.89. The van der Waals surface area contributed by atoms with E-state index >= 15 is 0 Å². The lowest BCUT2D eigenvalue weighted by Gasteiger charge is -2.19. The molecule has 86 valence electrons. The molecule has 0 saturated carbocycles. The number of benzene rings is 1. The Hall–Kier alpha value is -1.55. The summed E-state index contributed by atoms with van der Waals surface area (Å²) in [6.45, 7) is 0.988. The monoisotopic (exact) mass is 220 g/mol. The van der Waals surface area contributed by atoms with Gasteiger partial charge in [-0.1, -0.05) is 12.1 Å². The van der Waals surface area contributed by atoms with Crippen LogP contribution in [0.5, 0.6) is 0 Å². The van der Waals surface area contributed by atoms with E-state index in [1.165, 1.54) is 5.56 Å². The van der Waals surface area contributed by atoms with Crippen molar-refractivity contribution in [2.45, 2.75) is 25.3 Å². The van der Waals surface area contributed by atoms with Crippen molar-refractivity contribution in [2.75, 3.05) is 11.9 Å². The maximum Gasteiger partial charge on any atom is 0.320 e. The Morgan fingerprint density at radius 2 is 2.38 bits per heavy atom. The minimum absolute atomic E-state index is 0.379. The van der Waals surface area contributed by atoms with Gasteiger partial charge in [0, 0.05) is 12.2 Å². The predicted molar refractivity (Wildman–Crippen MR) is 62.6 cm³/mol. The first-order valence-corrected chi connectivity index (χ1v) is 5.51. The molecule has 1 atom stereocenters. The Morgan fingerprint density at radius 3 is 3.12 bits per heavy atom. The summed E-state index contributed by atoms with van der Waals surface area (Å²) in [4.78, 5) is 10.7. The van der Waals surface area contributed by atoms with Gasteiger partial charge in [-0.05, 0) is 36.5 Å². The van der Waals surface area contributed by atoms with Gasteiger partial charge in [0.25, 0.3) is 0 Å². The lowest BCUT2D eigenvalue weighted by molar-refractivity contribution is -0.138. The minimum Gasteiger partial charge on any atom is -0.480 e. The molecule has 4 nitrogen and oxygen atoms in total. The van der Waals surface area contributed by atoms with Gasteiger partial charge in [0.1, 0.15) is 6.04 Å². The van der Waals surface area contributed by atoms with Crippen LogP contribution in [0.25, 0.3) is 0 Å². The average Bonchev–Trinajstić information content (AvgIpc) is 2.28. The number of hydrogen-bond donors (Lipinski definition) is 3. The molecule has 0 radical (unpaired) electrons. The standard InChI is InChI=1S/C12H16N2O2/c13-10(12(15)16)6-8-3-4-9-2-1-5-14-11(9)7-8/h3-4,7,10,14H,1-2,5-6,13H2,(H,15,16)/t10-/m0/s1. The van der Waals surface area contributed by atoms with E-state index in [9.17, 15) is 4.79 Å². The summed E-state index contributed by atoms with van der Waals surface area (Å²) in [6, 6.07) is 5.22. The van der Waals surface area contributed by atoms with Crippen LogP contribution >= 0.6 is 0 Å². The smallest absolute Gasteiger partial charge is 0.320 e. The lowest BCUT2D eigenvalue weighted by atomic mass is 9.98. The number of fused-ring (bicyclic) bond motifs is 1. The molecule has 0 fully saturated rings. The van der Waals surface area contributed by atoms with E-state index in [1.807, 2.05) is 12.1 Å². The zero-order valence-electron chi connectivity index (χ0n) is 9.07. The molecule has 0 bridgehead atoms. The third kappa shape index (κ3) is 2.33. The Bertz CT molecular complexity index is 404. The van der Waals surface area contributed by atoms with E-state index in [1.54, 1.807) is 0 Å².